The molecule has 0 aliphatic heterocycles. The Morgan fingerprint density at radius 3 is 2.70 bits per heavy atom. The van der Waals surface area contributed by atoms with Crippen molar-refractivity contribution >= 4 is 16.5 Å². The number of aromatic nitrogens is 1. The van der Waals surface area contributed by atoms with Gasteiger partial charge >= 0.3 is 0 Å². The molecule has 102 valence electrons. The first kappa shape index (κ1) is 12.8. The van der Waals surface area contributed by atoms with Gasteiger partial charge in [0.05, 0.1) is 0 Å². The number of hydrogen-bond donors (Lipinski definition) is 1. The van der Waals surface area contributed by atoms with Gasteiger partial charge in [0.2, 0.25) is 0 Å². The summed E-state index contributed by atoms with van der Waals surface area (Å²) >= 11 is 0. The molecule has 2 aromatic carbocycles. The van der Waals surface area contributed by atoms with Crippen molar-refractivity contribution in [2.45, 2.75) is 26.4 Å². The van der Waals surface area contributed by atoms with E-state index in [1.165, 1.54) is 28.4 Å². The van der Waals surface area contributed by atoms with Gasteiger partial charge in [0.15, 0.2) is 0 Å². The third-order valence-electron chi connectivity index (χ3n) is 3.54. The zero-order valence-corrected chi connectivity index (χ0v) is 11.8. The molecule has 3 aromatic rings. The fraction of sp³-hybridized carbons (Fsp3) is 0.222. The monoisotopic (exact) mass is 264 g/mol. The van der Waals surface area contributed by atoms with E-state index >= 15 is 0 Å². The second kappa shape index (κ2) is 5.83. The van der Waals surface area contributed by atoms with E-state index in [0.29, 0.717) is 0 Å². The van der Waals surface area contributed by atoms with Crippen molar-refractivity contribution in [2.75, 3.05) is 5.32 Å². The summed E-state index contributed by atoms with van der Waals surface area (Å²) in [6.45, 7) is 4.16. The second-order valence-electron chi connectivity index (χ2n) is 5.17. The van der Waals surface area contributed by atoms with Gasteiger partial charge in [-0.2, -0.15) is 0 Å². The fourth-order valence-electron chi connectivity index (χ4n) is 2.50. The molecule has 0 spiro atoms. The number of fused-ring (bicyclic) bond motifs is 1. The van der Waals surface area contributed by atoms with E-state index in [0.717, 1.165) is 13.1 Å². The molecule has 2 nitrogen and oxygen atoms in total. The van der Waals surface area contributed by atoms with E-state index in [9.17, 15) is 0 Å². The van der Waals surface area contributed by atoms with Crippen LogP contribution < -0.4 is 5.32 Å². The van der Waals surface area contributed by atoms with Gasteiger partial charge in [0.25, 0.3) is 0 Å². The van der Waals surface area contributed by atoms with Crippen LogP contribution in [-0.2, 0) is 13.1 Å². The summed E-state index contributed by atoms with van der Waals surface area (Å²) in [5.41, 5.74) is 2.50. The molecular weight excluding hydrogens is 244 g/mol. The number of aryl methyl sites for hydroxylation is 1. The zero-order chi connectivity index (χ0) is 13.8. The highest BCUT2D eigenvalue weighted by Gasteiger charge is 1.98. The first-order valence-electron chi connectivity index (χ1n) is 7.22. The molecule has 0 bridgehead atoms. The highest BCUT2D eigenvalue weighted by Crippen LogP contribution is 2.19. The van der Waals surface area contributed by atoms with Crippen molar-refractivity contribution in [3.05, 3.63) is 66.5 Å². The Balaban J connectivity index is 1.69. The van der Waals surface area contributed by atoms with Crippen LogP contribution in [-0.4, -0.2) is 4.57 Å². The molecule has 2 heteroatoms. The largest absolute Gasteiger partial charge is 0.381 e. The lowest BCUT2D eigenvalue weighted by molar-refractivity contribution is 0.682. The van der Waals surface area contributed by atoms with Crippen molar-refractivity contribution in [3.63, 3.8) is 0 Å². The van der Waals surface area contributed by atoms with Crippen molar-refractivity contribution in [2.24, 2.45) is 0 Å². The van der Waals surface area contributed by atoms with Crippen LogP contribution in [0.4, 0.5) is 5.69 Å². The second-order valence-corrected chi connectivity index (χ2v) is 5.17. The highest BCUT2D eigenvalue weighted by molar-refractivity contribution is 5.85. The first-order valence-corrected chi connectivity index (χ1v) is 7.22. The molecule has 0 radical (unpaired) electrons. The molecule has 20 heavy (non-hydrogen) atoms. The maximum atomic E-state index is 3.50. The van der Waals surface area contributed by atoms with Crippen molar-refractivity contribution in [3.8, 4) is 0 Å². The summed E-state index contributed by atoms with van der Waals surface area (Å²) in [6.07, 6.45) is 5.55. The van der Waals surface area contributed by atoms with Gasteiger partial charge < -0.3 is 9.88 Å². The van der Waals surface area contributed by atoms with Crippen molar-refractivity contribution in [1.82, 2.24) is 4.57 Å². The highest BCUT2D eigenvalue weighted by atomic mass is 14.9. The maximum Gasteiger partial charge on any atom is 0.0415 e. The van der Waals surface area contributed by atoms with Gasteiger partial charge in [-0.1, -0.05) is 37.3 Å². The summed E-state index contributed by atoms with van der Waals surface area (Å²) in [4.78, 5) is 0. The molecule has 0 aliphatic rings. The Kier molecular flexibility index (Phi) is 3.73. The standard InChI is InChI=1S/C18H20N2/c1-2-10-20-11-9-15(14-20)13-19-18-8-7-16-5-3-4-6-17(16)12-18/h3-9,11-12,14,19H,2,10,13H2,1H3. The average Bonchev–Trinajstić information content (AvgIpc) is 2.93. The molecule has 0 atom stereocenters. The normalized spacial score (nSPS) is 10.8. The predicted octanol–water partition coefficient (Wildman–Crippen LogP) is 4.66. The summed E-state index contributed by atoms with van der Waals surface area (Å²) in [5.74, 6) is 0. The molecular formula is C18H20N2. The minimum Gasteiger partial charge on any atom is -0.381 e. The zero-order valence-electron chi connectivity index (χ0n) is 11.8. The van der Waals surface area contributed by atoms with Gasteiger partial charge in [0.1, 0.15) is 0 Å². The molecule has 0 amide bonds. The lowest BCUT2D eigenvalue weighted by Gasteiger charge is -2.06. The van der Waals surface area contributed by atoms with E-state index in [4.69, 9.17) is 0 Å². The third kappa shape index (κ3) is 2.85. The van der Waals surface area contributed by atoms with E-state index < -0.39 is 0 Å². The van der Waals surface area contributed by atoms with Gasteiger partial charge in [-0.05, 0) is 41.0 Å². The van der Waals surface area contributed by atoms with Crippen LogP contribution in [0.15, 0.2) is 60.9 Å². The SMILES string of the molecule is CCCn1ccc(CNc2ccc3ccccc3c2)c1. The number of benzene rings is 2. The molecule has 1 N–H and O–H groups in total. The number of nitrogens with zero attached hydrogens (tertiary/aromatic N) is 1. The lowest BCUT2D eigenvalue weighted by atomic mass is 10.1. The van der Waals surface area contributed by atoms with Crippen LogP contribution in [0.2, 0.25) is 0 Å². The number of anilines is 1. The van der Waals surface area contributed by atoms with E-state index in [-0.39, 0.29) is 0 Å². The van der Waals surface area contributed by atoms with E-state index in [1.54, 1.807) is 0 Å². The lowest BCUT2D eigenvalue weighted by Crippen LogP contribution is -1.98. The predicted molar refractivity (Wildman–Crippen MR) is 86.0 cm³/mol. The minimum atomic E-state index is 0.870. The third-order valence-corrected chi connectivity index (χ3v) is 3.54. The van der Waals surface area contributed by atoms with Crippen LogP contribution in [0.1, 0.15) is 18.9 Å². The van der Waals surface area contributed by atoms with Crippen LogP contribution in [0, 0.1) is 0 Å². The van der Waals surface area contributed by atoms with Gasteiger partial charge in [-0.25, -0.2) is 0 Å². The van der Waals surface area contributed by atoms with Gasteiger partial charge in [0, 0.05) is 31.2 Å². The minimum absolute atomic E-state index is 0.870. The molecule has 0 saturated heterocycles. The Morgan fingerprint density at radius 2 is 1.85 bits per heavy atom. The van der Waals surface area contributed by atoms with Gasteiger partial charge in [-0.15, -0.1) is 0 Å². The molecule has 0 saturated carbocycles. The molecule has 1 aromatic heterocycles. The topological polar surface area (TPSA) is 17.0 Å². The van der Waals surface area contributed by atoms with E-state index in [1.807, 2.05) is 0 Å². The molecule has 1 heterocycles. The molecule has 0 aliphatic carbocycles. The molecule has 0 fully saturated rings. The van der Waals surface area contributed by atoms with Crippen molar-refractivity contribution < 1.29 is 0 Å². The Morgan fingerprint density at radius 1 is 1.00 bits per heavy atom. The molecule has 0 unspecified atom stereocenters. The molecule has 3 rings (SSSR count). The first-order chi connectivity index (χ1) is 9.85. The van der Waals surface area contributed by atoms with Crippen LogP contribution >= 0.6 is 0 Å². The summed E-state index contributed by atoms with van der Waals surface area (Å²) in [6, 6.07) is 17.2. The number of nitrogens with one attached hydrogen (secondary N) is 1. The van der Waals surface area contributed by atoms with Crippen molar-refractivity contribution in [1.29, 1.82) is 0 Å². The Bertz CT molecular complexity index is 697. The van der Waals surface area contributed by atoms with Crippen LogP contribution in [0.3, 0.4) is 0 Å². The average molecular weight is 264 g/mol. The van der Waals surface area contributed by atoms with Crippen LogP contribution in [0.25, 0.3) is 10.8 Å². The van der Waals surface area contributed by atoms with Crippen LogP contribution in [0.5, 0.6) is 0 Å². The maximum absolute atomic E-state index is 3.50. The smallest absolute Gasteiger partial charge is 0.0415 e. The summed E-state index contributed by atoms with van der Waals surface area (Å²) in [5, 5.41) is 6.06. The Hall–Kier alpha value is -2.22. The number of hydrogen-bond acceptors (Lipinski definition) is 1. The number of rotatable bonds is 5. The summed E-state index contributed by atoms with van der Waals surface area (Å²) < 4.78 is 2.25. The summed E-state index contributed by atoms with van der Waals surface area (Å²) in [7, 11) is 0. The van der Waals surface area contributed by atoms with Gasteiger partial charge in [-0.3, -0.25) is 0 Å². The van der Waals surface area contributed by atoms with E-state index in [2.05, 4.69) is 77.7 Å². The quantitative estimate of drug-likeness (QED) is 0.709. The fourth-order valence-corrected chi connectivity index (χ4v) is 2.50. The Labute approximate surface area is 120 Å².